The van der Waals surface area contributed by atoms with Gasteiger partial charge in [0.15, 0.2) is 0 Å². The zero-order valence-electron chi connectivity index (χ0n) is 20.5. The van der Waals surface area contributed by atoms with Gasteiger partial charge in [0.2, 0.25) is 0 Å². The summed E-state index contributed by atoms with van der Waals surface area (Å²) in [6.45, 7) is 5.58. The highest BCUT2D eigenvalue weighted by atomic mass is 127. The van der Waals surface area contributed by atoms with Gasteiger partial charge in [-0.1, -0.05) is 30.3 Å². The first-order valence-corrected chi connectivity index (χ1v) is 12.4. The van der Waals surface area contributed by atoms with Crippen molar-refractivity contribution in [3.63, 3.8) is 0 Å². The van der Waals surface area contributed by atoms with Crippen LogP contribution in [0.2, 0.25) is 0 Å². The van der Waals surface area contributed by atoms with Crippen molar-refractivity contribution in [1.82, 2.24) is 4.48 Å². The molecule has 2 aromatic carbocycles. The maximum Gasteiger partial charge on any atom is 0.677 e. The number of aliphatic imine (C=N–C) groups is 1. The Balaban J connectivity index is 1.83. The first-order chi connectivity index (χ1) is 16.7. The summed E-state index contributed by atoms with van der Waals surface area (Å²) in [6, 6.07) is 18.0. The third-order valence-electron chi connectivity index (χ3n) is 6.06. The Morgan fingerprint density at radius 2 is 1.63 bits per heavy atom. The molecule has 3 nitrogen and oxygen atoms in total. The standard InChI is InChI=1S/C28H27BF2IN3/c1-18-17-24(13-6-21-7-14-25(15-8-21)34(4)5)33-27(18)26(22-9-11-23(32)12-10-22)28-19(2)16-20(3)35(28)29(30)31/h6-17H,1-5H3/b13-6-,27-26-. The van der Waals surface area contributed by atoms with Gasteiger partial charge in [-0.2, -0.15) is 0 Å². The molecule has 7 heteroatoms. The van der Waals surface area contributed by atoms with E-state index in [1.807, 2.05) is 76.5 Å². The van der Waals surface area contributed by atoms with Gasteiger partial charge in [0, 0.05) is 40.3 Å². The molecule has 35 heavy (non-hydrogen) atoms. The summed E-state index contributed by atoms with van der Waals surface area (Å²) in [5, 5.41) is 0. The number of halogens is 3. The molecule has 0 saturated carbocycles. The maximum absolute atomic E-state index is 14.2. The van der Waals surface area contributed by atoms with Crippen molar-refractivity contribution in [2.24, 2.45) is 4.99 Å². The number of hydrogen-bond donors (Lipinski definition) is 0. The van der Waals surface area contributed by atoms with E-state index in [1.54, 1.807) is 6.92 Å². The highest BCUT2D eigenvalue weighted by Gasteiger charge is 2.29. The van der Waals surface area contributed by atoms with Crippen LogP contribution >= 0.6 is 22.6 Å². The molecule has 2 heterocycles. The Kier molecular flexibility index (Phi) is 7.45. The van der Waals surface area contributed by atoms with Gasteiger partial charge in [-0.25, -0.2) is 4.99 Å². The molecule has 0 N–H and O–H groups in total. The van der Waals surface area contributed by atoms with Crippen LogP contribution in [0.1, 0.15) is 35.0 Å². The van der Waals surface area contributed by atoms with Crippen LogP contribution in [-0.4, -0.2) is 31.7 Å². The van der Waals surface area contributed by atoms with Gasteiger partial charge in [-0.05, 0) is 108 Å². The van der Waals surface area contributed by atoms with Crippen LogP contribution in [0.4, 0.5) is 14.3 Å². The Labute approximate surface area is 219 Å². The van der Waals surface area contributed by atoms with Crippen molar-refractivity contribution in [1.29, 1.82) is 0 Å². The largest absolute Gasteiger partial charge is 0.677 e. The number of rotatable bonds is 6. The lowest BCUT2D eigenvalue weighted by molar-refractivity contribution is 0.624. The molecule has 178 valence electrons. The van der Waals surface area contributed by atoms with E-state index in [2.05, 4.69) is 51.8 Å². The van der Waals surface area contributed by atoms with Gasteiger partial charge in [-0.15, -0.1) is 0 Å². The first-order valence-electron chi connectivity index (χ1n) is 11.4. The lowest BCUT2D eigenvalue weighted by Crippen LogP contribution is -2.18. The third-order valence-corrected chi connectivity index (χ3v) is 6.78. The summed E-state index contributed by atoms with van der Waals surface area (Å²) in [6.07, 6.45) is 5.99. The molecule has 0 fully saturated rings. The second-order valence-corrected chi connectivity index (χ2v) is 10.1. The van der Waals surface area contributed by atoms with Crippen molar-refractivity contribution < 1.29 is 8.63 Å². The monoisotopic (exact) mass is 581 g/mol. The molecule has 0 radical (unpaired) electrons. The van der Waals surface area contributed by atoms with Crippen LogP contribution in [0, 0.1) is 17.4 Å². The molecular formula is C28H27BF2IN3. The fourth-order valence-electron chi connectivity index (χ4n) is 4.33. The number of allylic oxidation sites excluding steroid dienone is 3. The average Bonchev–Trinajstić information content (AvgIpc) is 3.32. The molecule has 1 aromatic heterocycles. The molecule has 0 bridgehead atoms. The Hall–Kier alpha value is -2.94. The normalized spacial score (nSPS) is 14.9. The molecule has 0 saturated heterocycles. The summed E-state index contributed by atoms with van der Waals surface area (Å²) in [5.74, 6) is 0. The third kappa shape index (κ3) is 5.35. The summed E-state index contributed by atoms with van der Waals surface area (Å²) in [5.41, 5.74) is 8.09. The number of aromatic nitrogens is 1. The van der Waals surface area contributed by atoms with Gasteiger partial charge in [0.25, 0.3) is 0 Å². The number of aryl methyl sites for hydroxylation is 2. The second-order valence-electron chi connectivity index (χ2n) is 8.88. The zero-order chi connectivity index (χ0) is 25.3. The zero-order valence-corrected chi connectivity index (χ0v) is 22.6. The minimum absolute atomic E-state index is 0.509. The topological polar surface area (TPSA) is 20.5 Å². The molecule has 0 spiro atoms. The lowest BCUT2D eigenvalue weighted by atomic mass is 9.95. The van der Waals surface area contributed by atoms with Crippen LogP contribution in [-0.2, 0) is 0 Å². The molecule has 0 unspecified atom stereocenters. The molecule has 0 atom stereocenters. The van der Waals surface area contributed by atoms with Gasteiger partial charge in [0.1, 0.15) is 0 Å². The average molecular weight is 581 g/mol. The molecule has 4 rings (SSSR count). The molecular weight excluding hydrogens is 554 g/mol. The van der Waals surface area contributed by atoms with Crippen LogP contribution in [0.25, 0.3) is 11.6 Å². The number of nitrogens with zero attached hydrogens (tertiary/aromatic N) is 3. The minimum atomic E-state index is -2.64. The predicted molar refractivity (Wildman–Crippen MR) is 153 cm³/mol. The predicted octanol–water partition coefficient (Wildman–Crippen LogP) is 7.42. The van der Waals surface area contributed by atoms with E-state index < -0.39 is 7.40 Å². The van der Waals surface area contributed by atoms with Crippen LogP contribution in [0.5, 0.6) is 0 Å². The SMILES string of the molecule is CC1=CC(/C=C\c2ccc(N(C)C)cc2)=NC/1=C(/c1ccc(I)cc1)c1c(C)cc(C)n1B(F)F. The summed E-state index contributed by atoms with van der Waals surface area (Å²) in [4.78, 5) is 6.96. The molecule has 1 aliphatic heterocycles. The fraction of sp³-hybridized carbons (Fsp3) is 0.179. The molecule has 1 aliphatic rings. The second kappa shape index (κ2) is 10.4. The minimum Gasteiger partial charge on any atom is -0.378 e. The first kappa shape index (κ1) is 25.2. The number of benzene rings is 2. The highest BCUT2D eigenvalue weighted by Crippen LogP contribution is 2.37. The quantitative estimate of drug-likeness (QED) is 0.219. The van der Waals surface area contributed by atoms with Crippen molar-refractivity contribution in [3.8, 4) is 0 Å². The number of anilines is 1. The highest BCUT2D eigenvalue weighted by molar-refractivity contribution is 14.1. The van der Waals surface area contributed by atoms with Crippen molar-refractivity contribution >= 4 is 53.0 Å². The van der Waals surface area contributed by atoms with E-state index in [9.17, 15) is 8.63 Å². The van der Waals surface area contributed by atoms with Gasteiger partial charge in [-0.3, -0.25) is 8.63 Å². The van der Waals surface area contributed by atoms with Crippen molar-refractivity contribution in [2.75, 3.05) is 19.0 Å². The van der Waals surface area contributed by atoms with E-state index in [0.717, 1.165) is 53.0 Å². The van der Waals surface area contributed by atoms with Crippen molar-refractivity contribution in [2.45, 2.75) is 20.8 Å². The van der Waals surface area contributed by atoms with E-state index in [-0.39, 0.29) is 0 Å². The van der Waals surface area contributed by atoms with Crippen LogP contribution < -0.4 is 4.90 Å². The van der Waals surface area contributed by atoms with Crippen molar-refractivity contribution in [3.05, 3.63) is 110 Å². The van der Waals surface area contributed by atoms with Gasteiger partial charge >= 0.3 is 7.40 Å². The van der Waals surface area contributed by atoms with E-state index >= 15 is 0 Å². The van der Waals surface area contributed by atoms with Crippen LogP contribution in [0.15, 0.2) is 83.0 Å². The Bertz CT molecular complexity index is 1360. The van der Waals surface area contributed by atoms with Crippen LogP contribution in [0.3, 0.4) is 0 Å². The molecule has 3 aromatic rings. The smallest absolute Gasteiger partial charge is 0.378 e. The van der Waals surface area contributed by atoms with E-state index in [4.69, 9.17) is 4.99 Å². The molecule has 0 amide bonds. The van der Waals surface area contributed by atoms with Gasteiger partial charge in [0.05, 0.1) is 11.4 Å². The van der Waals surface area contributed by atoms with E-state index in [1.165, 1.54) is 0 Å². The fourth-order valence-corrected chi connectivity index (χ4v) is 4.69. The Morgan fingerprint density at radius 1 is 0.971 bits per heavy atom. The lowest BCUT2D eigenvalue weighted by Gasteiger charge is -2.16. The maximum atomic E-state index is 14.2. The molecule has 0 aliphatic carbocycles. The summed E-state index contributed by atoms with van der Waals surface area (Å²) >= 11 is 2.25. The van der Waals surface area contributed by atoms with E-state index in [0.29, 0.717) is 11.4 Å². The summed E-state index contributed by atoms with van der Waals surface area (Å²) < 4.78 is 30.5. The Morgan fingerprint density at radius 3 is 2.23 bits per heavy atom. The summed E-state index contributed by atoms with van der Waals surface area (Å²) in [7, 11) is 1.38. The number of hydrogen-bond acceptors (Lipinski definition) is 2. The van der Waals surface area contributed by atoms with Gasteiger partial charge < -0.3 is 9.38 Å².